The molecule has 0 aliphatic carbocycles. The van der Waals surface area contributed by atoms with Crippen LogP contribution in [0, 0.1) is 0 Å². The molecule has 0 aliphatic rings. The highest BCUT2D eigenvalue weighted by molar-refractivity contribution is 5.75. The predicted molar refractivity (Wildman–Crippen MR) is 65.5 cm³/mol. The fourth-order valence-corrected chi connectivity index (χ4v) is 1.97. The molecule has 3 nitrogen and oxygen atoms in total. The second kappa shape index (κ2) is 4.16. The van der Waals surface area contributed by atoms with Crippen molar-refractivity contribution < 1.29 is 0 Å². The van der Waals surface area contributed by atoms with E-state index >= 15 is 0 Å². The number of aromatic nitrogens is 3. The number of benzene rings is 1. The molecular weight excluding hydrogens is 198 g/mol. The van der Waals surface area contributed by atoms with Crippen molar-refractivity contribution in [3.05, 3.63) is 29.6 Å². The van der Waals surface area contributed by atoms with E-state index in [1.165, 1.54) is 17.5 Å². The van der Waals surface area contributed by atoms with Crippen LogP contribution in [0.15, 0.2) is 18.5 Å². The molecule has 0 spiro atoms. The predicted octanol–water partition coefficient (Wildman–Crippen LogP) is 3.27. The summed E-state index contributed by atoms with van der Waals surface area (Å²) in [6.07, 6.45) is 1.50. The minimum atomic E-state index is 0.504. The number of hydrogen-bond acceptors (Lipinski definition) is 3. The summed E-state index contributed by atoms with van der Waals surface area (Å²) in [7, 11) is 0. The molecule has 2 rings (SSSR count). The normalized spacial score (nSPS) is 11.6. The van der Waals surface area contributed by atoms with Crippen molar-refractivity contribution in [2.45, 2.75) is 39.5 Å². The largest absolute Gasteiger partial charge is 0.233 e. The van der Waals surface area contributed by atoms with Gasteiger partial charge in [-0.25, -0.2) is 4.98 Å². The maximum Gasteiger partial charge on any atom is 0.138 e. The summed E-state index contributed by atoms with van der Waals surface area (Å²) in [6, 6.07) is 4.26. The number of hydrogen-bond donors (Lipinski definition) is 0. The van der Waals surface area contributed by atoms with E-state index in [0.29, 0.717) is 11.8 Å². The highest BCUT2D eigenvalue weighted by Crippen LogP contribution is 2.28. The van der Waals surface area contributed by atoms with Crippen molar-refractivity contribution in [1.29, 1.82) is 0 Å². The summed E-state index contributed by atoms with van der Waals surface area (Å²) in [5.41, 5.74) is 4.53. The van der Waals surface area contributed by atoms with Crippen molar-refractivity contribution in [2.24, 2.45) is 0 Å². The van der Waals surface area contributed by atoms with Crippen molar-refractivity contribution in [1.82, 2.24) is 15.2 Å². The molecule has 0 unspecified atom stereocenters. The number of nitrogens with zero attached hydrogens (tertiary/aromatic N) is 3. The fourth-order valence-electron chi connectivity index (χ4n) is 1.97. The Labute approximate surface area is 95.9 Å². The summed E-state index contributed by atoms with van der Waals surface area (Å²) in [5, 5.41) is 7.94. The Bertz CT molecular complexity index is 457. The molecular formula is C13H17N3. The maximum atomic E-state index is 4.25. The Morgan fingerprint density at radius 1 is 0.875 bits per heavy atom. The second-order valence-corrected chi connectivity index (χ2v) is 4.74. The van der Waals surface area contributed by atoms with Crippen LogP contribution in [0.3, 0.4) is 0 Å². The fraction of sp³-hybridized carbons (Fsp3) is 0.462. The lowest BCUT2D eigenvalue weighted by molar-refractivity contribution is 0.791. The minimum absolute atomic E-state index is 0.504. The molecule has 16 heavy (non-hydrogen) atoms. The summed E-state index contributed by atoms with van der Waals surface area (Å²) < 4.78 is 0. The lowest BCUT2D eigenvalue weighted by atomic mass is 9.90. The molecule has 0 saturated heterocycles. The molecule has 3 heteroatoms. The van der Waals surface area contributed by atoms with Crippen LogP contribution in [0.2, 0.25) is 0 Å². The first-order valence-corrected chi connectivity index (χ1v) is 5.71. The van der Waals surface area contributed by atoms with E-state index in [2.05, 4.69) is 55.0 Å². The van der Waals surface area contributed by atoms with Crippen molar-refractivity contribution in [2.75, 3.05) is 0 Å². The summed E-state index contributed by atoms with van der Waals surface area (Å²) in [5.74, 6) is 1.01. The minimum Gasteiger partial charge on any atom is -0.233 e. The lowest BCUT2D eigenvalue weighted by Gasteiger charge is -2.16. The Balaban J connectivity index is 2.71. The van der Waals surface area contributed by atoms with Gasteiger partial charge in [-0.2, -0.15) is 0 Å². The first-order chi connectivity index (χ1) is 7.59. The van der Waals surface area contributed by atoms with Crippen LogP contribution in [0.4, 0.5) is 0 Å². The van der Waals surface area contributed by atoms with Crippen LogP contribution in [0.1, 0.15) is 50.7 Å². The van der Waals surface area contributed by atoms with Gasteiger partial charge in [0.15, 0.2) is 0 Å². The third-order valence-electron chi connectivity index (χ3n) is 2.84. The van der Waals surface area contributed by atoms with E-state index in [1.807, 2.05) is 0 Å². The van der Waals surface area contributed by atoms with Gasteiger partial charge < -0.3 is 0 Å². The number of rotatable bonds is 2. The van der Waals surface area contributed by atoms with Gasteiger partial charge in [0.25, 0.3) is 0 Å². The van der Waals surface area contributed by atoms with Crippen LogP contribution in [-0.2, 0) is 0 Å². The zero-order chi connectivity index (χ0) is 11.7. The highest BCUT2D eigenvalue weighted by Gasteiger charge is 2.12. The maximum absolute atomic E-state index is 4.25. The molecule has 0 atom stereocenters. The molecule has 0 amide bonds. The van der Waals surface area contributed by atoms with E-state index in [9.17, 15) is 0 Å². The molecule has 0 N–H and O–H groups in total. The van der Waals surface area contributed by atoms with E-state index < -0.39 is 0 Å². The third kappa shape index (κ3) is 1.90. The van der Waals surface area contributed by atoms with Gasteiger partial charge in [-0.3, -0.25) is 0 Å². The van der Waals surface area contributed by atoms with Crippen LogP contribution < -0.4 is 0 Å². The van der Waals surface area contributed by atoms with Crippen LogP contribution in [-0.4, -0.2) is 15.2 Å². The first kappa shape index (κ1) is 11.0. The first-order valence-electron chi connectivity index (χ1n) is 5.71. The summed E-state index contributed by atoms with van der Waals surface area (Å²) in [4.78, 5) is 4.25. The van der Waals surface area contributed by atoms with Gasteiger partial charge in [0.1, 0.15) is 11.8 Å². The molecule has 0 bridgehead atoms. The van der Waals surface area contributed by atoms with Gasteiger partial charge >= 0.3 is 0 Å². The topological polar surface area (TPSA) is 38.7 Å². The van der Waals surface area contributed by atoms with Crippen LogP contribution in [0.5, 0.6) is 0 Å². The molecule has 1 aromatic carbocycles. The Kier molecular flexibility index (Phi) is 2.86. The summed E-state index contributed by atoms with van der Waals surface area (Å²) >= 11 is 0. The molecule has 0 fully saturated rings. The van der Waals surface area contributed by atoms with Crippen molar-refractivity contribution in [3.63, 3.8) is 0 Å². The molecule has 1 heterocycles. The lowest BCUT2D eigenvalue weighted by Crippen LogP contribution is -2.00. The van der Waals surface area contributed by atoms with Crippen molar-refractivity contribution >= 4 is 11.0 Å². The molecule has 0 saturated carbocycles. The Morgan fingerprint density at radius 2 is 1.44 bits per heavy atom. The zero-order valence-electron chi connectivity index (χ0n) is 10.2. The number of fused-ring (bicyclic) bond motifs is 1. The van der Waals surface area contributed by atoms with E-state index in [1.54, 1.807) is 0 Å². The van der Waals surface area contributed by atoms with Crippen LogP contribution >= 0.6 is 0 Å². The van der Waals surface area contributed by atoms with E-state index in [0.717, 1.165) is 11.0 Å². The van der Waals surface area contributed by atoms with Crippen molar-refractivity contribution in [3.8, 4) is 0 Å². The second-order valence-electron chi connectivity index (χ2n) is 4.74. The molecule has 0 aliphatic heterocycles. The van der Waals surface area contributed by atoms with Gasteiger partial charge in [-0.1, -0.05) is 27.7 Å². The molecule has 1 aromatic heterocycles. The highest BCUT2D eigenvalue weighted by atomic mass is 15.1. The third-order valence-corrected chi connectivity index (χ3v) is 2.84. The Hall–Kier alpha value is -1.51. The van der Waals surface area contributed by atoms with Crippen LogP contribution in [0.25, 0.3) is 11.0 Å². The monoisotopic (exact) mass is 215 g/mol. The molecule has 84 valence electrons. The standard InChI is InChI=1S/C13H17N3/c1-8(2)10-5-12-13(16-15-7-14-12)6-11(10)9(3)4/h5-9H,1-4H3. The Morgan fingerprint density at radius 3 is 2.00 bits per heavy atom. The molecule has 2 aromatic rings. The average Bonchev–Trinajstić information content (AvgIpc) is 2.27. The van der Waals surface area contributed by atoms with Gasteiger partial charge in [-0.05, 0) is 35.1 Å². The average molecular weight is 215 g/mol. The van der Waals surface area contributed by atoms with Gasteiger partial charge in [0, 0.05) is 0 Å². The van der Waals surface area contributed by atoms with Gasteiger partial charge in [0.05, 0.1) is 5.52 Å². The van der Waals surface area contributed by atoms with E-state index in [-0.39, 0.29) is 0 Å². The summed E-state index contributed by atoms with van der Waals surface area (Å²) in [6.45, 7) is 8.83. The zero-order valence-corrected chi connectivity index (χ0v) is 10.2. The molecule has 0 radical (unpaired) electrons. The SMILES string of the molecule is CC(C)c1cc2ncnnc2cc1C(C)C. The smallest absolute Gasteiger partial charge is 0.138 e. The quantitative estimate of drug-likeness (QED) is 0.771. The van der Waals surface area contributed by atoms with Gasteiger partial charge in [0.2, 0.25) is 0 Å². The van der Waals surface area contributed by atoms with E-state index in [4.69, 9.17) is 0 Å². The van der Waals surface area contributed by atoms with Gasteiger partial charge in [-0.15, -0.1) is 10.2 Å².